The predicted octanol–water partition coefficient (Wildman–Crippen LogP) is 2.33. The van der Waals surface area contributed by atoms with Crippen molar-refractivity contribution in [2.24, 2.45) is 0 Å². The van der Waals surface area contributed by atoms with E-state index in [0.717, 1.165) is 11.3 Å². The maximum Gasteiger partial charge on any atom is 0.322 e. The number of anilines is 1. The van der Waals surface area contributed by atoms with E-state index in [0.29, 0.717) is 36.2 Å². The summed E-state index contributed by atoms with van der Waals surface area (Å²) in [5.74, 6) is -0.413. The normalized spacial score (nSPS) is 22.7. The highest BCUT2D eigenvalue weighted by Crippen LogP contribution is 2.31. The minimum atomic E-state index is -1.02. The zero-order chi connectivity index (χ0) is 19.8. The number of carbonyl (C=O) groups is 3. The molecule has 2 N–H and O–H groups in total. The molecule has 0 aromatic heterocycles. The Balaban J connectivity index is 1.56. The molecule has 2 aliphatic heterocycles. The van der Waals surface area contributed by atoms with Crippen molar-refractivity contribution >= 4 is 46.7 Å². The van der Waals surface area contributed by atoms with Crippen molar-refractivity contribution in [2.45, 2.75) is 32.2 Å². The first-order chi connectivity index (χ1) is 12.7. The molecule has 2 heterocycles. The van der Waals surface area contributed by atoms with Crippen LogP contribution in [0.3, 0.4) is 0 Å². The van der Waals surface area contributed by atoms with Gasteiger partial charge in [-0.05, 0) is 38.0 Å². The van der Waals surface area contributed by atoms with Crippen molar-refractivity contribution < 1.29 is 14.4 Å². The molecule has 1 atom stereocenters. The first-order valence-electron chi connectivity index (χ1n) is 8.81. The van der Waals surface area contributed by atoms with Gasteiger partial charge in [-0.1, -0.05) is 23.2 Å². The highest BCUT2D eigenvalue weighted by atomic mass is 35.5. The van der Waals surface area contributed by atoms with Gasteiger partial charge >= 0.3 is 6.03 Å². The number of amides is 4. The maximum atomic E-state index is 12.5. The van der Waals surface area contributed by atoms with Crippen LogP contribution < -0.4 is 15.5 Å². The Morgan fingerprint density at radius 3 is 2.44 bits per heavy atom. The summed E-state index contributed by atoms with van der Waals surface area (Å²) in [4.78, 5) is 39.6. The minimum absolute atomic E-state index is 0.0225. The molecule has 7 nitrogen and oxygen atoms in total. The quantitative estimate of drug-likeness (QED) is 0.743. The van der Waals surface area contributed by atoms with E-state index in [2.05, 4.69) is 15.5 Å². The maximum absolute atomic E-state index is 12.5. The monoisotopic (exact) mass is 412 g/mol. The van der Waals surface area contributed by atoms with Crippen molar-refractivity contribution in [3.8, 4) is 0 Å². The van der Waals surface area contributed by atoms with Gasteiger partial charge in [-0.2, -0.15) is 0 Å². The Labute approximate surface area is 168 Å². The molecular weight excluding hydrogens is 391 g/mol. The summed E-state index contributed by atoms with van der Waals surface area (Å²) >= 11 is 12.3. The summed E-state index contributed by atoms with van der Waals surface area (Å²) in [5.41, 5.74) is 0.928. The van der Waals surface area contributed by atoms with E-state index >= 15 is 0 Å². The van der Waals surface area contributed by atoms with Crippen molar-refractivity contribution in [1.82, 2.24) is 15.5 Å². The van der Waals surface area contributed by atoms with Gasteiger partial charge in [-0.3, -0.25) is 14.9 Å². The van der Waals surface area contributed by atoms with E-state index in [1.807, 2.05) is 13.0 Å². The first-order valence-corrected chi connectivity index (χ1v) is 9.57. The lowest BCUT2D eigenvalue weighted by molar-refractivity contribution is -0.132. The largest absolute Gasteiger partial charge is 0.368 e. The third kappa shape index (κ3) is 4.14. The van der Waals surface area contributed by atoms with Crippen molar-refractivity contribution in [3.05, 3.63) is 27.7 Å². The number of hydrogen-bond donors (Lipinski definition) is 2. The molecule has 146 valence electrons. The molecule has 0 saturated carbocycles. The van der Waals surface area contributed by atoms with Gasteiger partial charge in [0.2, 0.25) is 5.91 Å². The second-order valence-electron chi connectivity index (χ2n) is 7.14. The number of halogens is 2. The second-order valence-corrected chi connectivity index (χ2v) is 7.98. The number of benzene rings is 1. The Morgan fingerprint density at radius 1 is 1.19 bits per heavy atom. The lowest BCUT2D eigenvalue weighted by Gasteiger charge is -2.37. The topological polar surface area (TPSA) is 81.8 Å². The van der Waals surface area contributed by atoms with E-state index in [9.17, 15) is 14.4 Å². The van der Waals surface area contributed by atoms with Crippen LogP contribution >= 0.6 is 23.2 Å². The lowest BCUT2D eigenvalue weighted by Crippen LogP contribution is -2.50. The summed E-state index contributed by atoms with van der Waals surface area (Å²) < 4.78 is 0. The van der Waals surface area contributed by atoms with Crippen LogP contribution in [-0.4, -0.2) is 54.5 Å². The fourth-order valence-electron chi connectivity index (χ4n) is 3.43. The number of piperazine rings is 1. The average molecular weight is 413 g/mol. The fraction of sp³-hybridized carbons (Fsp3) is 0.500. The average Bonchev–Trinajstić information content (AvgIpc) is 2.88. The van der Waals surface area contributed by atoms with Gasteiger partial charge in [0, 0.05) is 48.3 Å². The zero-order valence-electron chi connectivity index (χ0n) is 15.3. The molecule has 1 unspecified atom stereocenters. The molecule has 2 saturated heterocycles. The highest BCUT2D eigenvalue weighted by Gasteiger charge is 2.42. The van der Waals surface area contributed by atoms with E-state index in [1.165, 1.54) is 0 Å². The van der Waals surface area contributed by atoms with Gasteiger partial charge in [0.1, 0.15) is 5.54 Å². The molecule has 0 bridgehead atoms. The van der Waals surface area contributed by atoms with Crippen LogP contribution in [-0.2, 0) is 9.59 Å². The van der Waals surface area contributed by atoms with Gasteiger partial charge < -0.3 is 15.1 Å². The molecule has 3 rings (SSSR count). The molecule has 4 amide bonds. The Kier molecular flexibility index (Phi) is 5.53. The molecular formula is C18H22Cl2N4O3. The zero-order valence-corrected chi connectivity index (χ0v) is 16.8. The summed E-state index contributed by atoms with van der Waals surface area (Å²) in [6.45, 7) is 6.10. The Hall–Kier alpha value is -1.99. The van der Waals surface area contributed by atoms with Crippen molar-refractivity contribution in [1.29, 1.82) is 0 Å². The van der Waals surface area contributed by atoms with E-state index in [4.69, 9.17) is 23.2 Å². The van der Waals surface area contributed by atoms with Gasteiger partial charge in [-0.15, -0.1) is 0 Å². The van der Waals surface area contributed by atoms with E-state index < -0.39 is 17.5 Å². The molecule has 2 fully saturated rings. The molecule has 27 heavy (non-hydrogen) atoms. The third-order valence-electron chi connectivity index (χ3n) is 5.21. The van der Waals surface area contributed by atoms with Crippen LogP contribution in [0.25, 0.3) is 0 Å². The van der Waals surface area contributed by atoms with E-state index in [-0.39, 0.29) is 18.7 Å². The number of nitrogens with zero attached hydrogens (tertiary/aromatic N) is 2. The summed E-state index contributed by atoms with van der Waals surface area (Å²) in [5, 5.41) is 6.00. The third-order valence-corrected chi connectivity index (χ3v) is 5.82. The molecule has 1 aromatic rings. The second kappa shape index (κ2) is 7.56. The summed E-state index contributed by atoms with van der Waals surface area (Å²) in [7, 11) is 0. The van der Waals surface area contributed by atoms with Crippen LogP contribution in [0.4, 0.5) is 10.5 Å². The van der Waals surface area contributed by atoms with E-state index in [1.54, 1.807) is 17.9 Å². The Morgan fingerprint density at radius 2 is 1.85 bits per heavy atom. The summed E-state index contributed by atoms with van der Waals surface area (Å²) in [6, 6.07) is 3.10. The molecule has 0 radical (unpaired) electrons. The smallest absolute Gasteiger partial charge is 0.322 e. The fourth-order valence-corrected chi connectivity index (χ4v) is 3.91. The van der Waals surface area contributed by atoms with Crippen molar-refractivity contribution in [3.63, 3.8) is 0 Å². The number of hydrogen-bond acceptors (Lipinski definition) is 4. The lowest BCUT2D eigenvalue weighted by atomic mass is 9.96. The van der Waals surface area contributed by atoms with Gasteiger partial charge in [0.15, 0.2) is 0 Å². The molecule has 2 aliphatic rings. The van der Waals surface area contributed by atoms with Crippen LogP contribution in [0, 0.1) is 6.92 Å². The molecule has 9 heteroatoms. The van der Waals surface area contributed by atoms with Gasteiger partial charge in [0.05, 0.1) is 0 Å². The number of urea groups is 1. The predicted molar refractivity (Wildman–Crippen MR) is 104 cm³/mol. The van der Waals surface area contributed by atoms with Crippen molar-refractivity contribution in [2.75, 3.05) is 31.1 Å². The number of imide groups is 1. The summed E-state index contributed by atoms with van der Waals surface area (Å²) in [6.07, 6.45) is 0.471. The molecule has 1 aromatic carbocycles. The Bertz CT molecular complexity index is 793. The standard InChI is InChI=1S/C18H22Cl2N4O3/c1-11-13(20)9-12(19)10-14(11)23-5-7-24(8-6-23)15(25)3-4-18(2)16(26)21-17(27)22-18/h9-10H,3-8H2,1-2H3,(H2,21,22,26,27). The van der Waals surface area contributed by atoms with Crippen LogP contribution in [0.5, 0.6) is 0 Å². The van der Waals surface area contributed by atoms with Crippen LogP contribution in [0.15, 0.2) is 12.1 Å². The van der Waals surface area contributed by atoms with Crippen LogP contribution in [0.2, 0.25) is 10.0 Å². The minimum Gasteiger partial charge on any atom is -0.368 e. The highest BCUT2D eigenvalue weighted by molar-refractivity contribution is 6.35. The number of carbonyl (C=O) groups excluding carboxylic acids is 3. The number of rotatable bonds is 4. The first kappa shape index (κ1) is 19.8. The van der Waals surface area contributed by atoms with Crippen LogP contribution in [0.1, 0.15) is 25.3 Å². The van der Waals surface area contributed by atoms with Gasteiger partial charge in [-0.25, -0.2) is 4.79 Å². The molecule has 0 spiro atoms. The molecule has 0 aliphatic carbocycles. The van der Waals surface area contributed by atoms with Gasteiger partial charge in [0.25, 0.3) is 5.91 Å². The SMILES string of the molecule is Cc1c(Cl)cc(Cl)cc1N1CCN(C(=O)CCC2(C)NC(=O)NC2=O)CC1. The number of nitrogens with one attached hydrogen (secondary N) is 2.